The average molecular weight is 296 g/mol. The maximum Gasteiger partial charge on any atom is 0.308 e. The first kappa shape index (κ1) is 14.8. The van der Waals surface area contributed by atoms with Gasteiger partial charge in [0, 0.05) is 31.0 Å². The molecule has 1 aliphatic carbocycles. The molecule has 3 N–H and O–H groups in total. The van der Waals surface area contributed by atoms with Gasteiger partial charge in [0.2, 0.25) is 5.91 Å². The molecule has 0 aromatic carbocycles. The summed E-state index contributed by atoms with van der Waals surface area (Å²) < 4.78 is 5.81. The second-order valence-electron chi connectivity index (χ2n) is 7.21. The van der Waals surface area contributed by atoms with Crippen molar-refractivity contribution in [1.29, 1.82) is 0 Å². The first-order chi connectivity index (χ1) is 9.80. The van der Waals surface area contributed by atoms with Gasteiger partial charge in [-0.2, -0.15) is 0 Å². The highest BCUT2D eigenvalue weighted by Crippen LogP contribution is 2.58. The summed E-state index contributed by atoms with van der Waals surface area (Å²) in [4.78, 5) is 25.7. The number of carboxylic acid groups (broad SMARTS) is 1. The van der Waals surface area contributed by atoms with Gasteiger partial charge in [-0.3, -0.25) is 9.59 Å². The zero-order chi connectivity index (χ0) is 15.4. The summed E-state index contributed by atoms with van der Waals surface area (Å²) in [5.74, 6) is -1.33. The number of amides is 1. The van der Waals surface area contributed by atoms with Crippen molar-refractivity contribution in [2.45, 2.75) is 44.8 Å². The van der Waals surface area contributed by atoms with Crippen LogP contribution < -0.4 is 5.73 Å². The number of fused-ring (bicyclic) bond motifs is 1. The molecule has 0 radical (unpaired) electrons. The van der Waals surface area contributed by atoms with E-state index in [9.17, 15) is 9.59 Å². The number of ether oxygens (including phenoxy) is 1. The molecule has 0 aromatic rings. The first-order valence-corrected chi connectivity index (χ1v) is 7.73. The zero-order valence-electron chi connectivity index (χ0n) is 12.7. The van der Waals surface area contributed by atoms with Crippen LogP contribution in [0.3, 0.4) is 0 Å². The smallest absolute Gasteiger partial charge is 0.308 e. The second-order valence-corrected chi connectivity index (χ2v) is 7.21. The molecule has 2 aliphatic heterocycles. The predicted octanol–water partition coefficient (Wildman–Crippen LogP) is 0.452. The van der Waals surface area contributed by atoms with Crippen molar-refractivity contribution in [3.63, 3.8) is 0 Å². The van der Waals surface area contributed by atoms with Gasteiger partial charge in [0.25, 0.3) is 0 Å². The third-order valence-electron chi connectivity index (χ3n) is 5.86. The Bertz CT molecular complexity index is 478. The van der Waals surface area contributed by atoms with E-state index in [1.165, 1.54) is 0 Å². The van der Waals surface area contributed by atoms with Gasteiger partial charge < -0.3 is 20.5 Å². The highest BCUT2D eigenvalue weighted by molar-refractivity contribution is 5.90. The molecular weight excluding hydrogens is 272 g/mol. The highest BCUT2D eigenvalue weighted by atomic mass is 16.5. The molecule has 21 heavy (non-hydrogen) atoms. The topological polar surface area (TPSA) is 92.9 Å². The number of aliphatic carboxylic acids is 1. The summed E-state index contributed by atoms with van der Waals surface area (Å²) in [6.07, 6.45) is 2.40. The fourth-order valence-corrected chi connectivity index (χ4v) is 4.42. The molecule has 0 bridgehead atoms. The van der Waals surface area contributed by atoms with Crippen molar-refractivity contribution in [2.24, 2.45) is 23.0 Å². The molecule has 3 aliphatic rings. The van der Waals surface area contributed by atoms with E-state index in [4.69, 9.17) is 15.6 Å². The van der Waals surface area contributed by atoms with Crippen LogP contribution in [0, 0.1) is 17.3 Å². The summed E-state index contributed by atoms with van der Waals surface area (Å²) >= 11 is 0. The lowest BCUT2D eigenvalue weighted by molar-refractivity contribution is -0.229. The molecular formula is C15H24N2O4. The lowest BCUT2D eigenvalue weighted by Gasteiger charge is -2.65. The number of hydrogen-bond donors (Lipinski definition) is 2. The predicted molar refractivity (Wildman–Crippen MR) is 75.5 cm³/mol. The van der Waals surface area contributed by atoms with Gasteiger partial charge >= 0.3 is 5.97 Å². The minimum absolute atomic E-state index is 0.0399. The number of carbonyl (C=O) groups is 2. The fourth-order valence-electron chi connectivity index (χ4n) is 4.42. The normalized spacial score (nSPS) is 41.3. The van der Waals surface area contributed by atoms with E-state index in [1.807, 2.05) is 13.8 Å². The number of rotatable bonds is 2. The molecule has 2 saturated heterocycles. The molecule has 118 valence electrons. The molecule has 4 atom stereocenters. The summed E-state index contributed by atoms with van der Waals surface area (Å²) in [7, 11) is 0. The van der Waals surface area contributed by atoms with Gasteiger partial charge in [0.05, 0.1) is 12.0 Å². The van der Waals surface area contributed by atoms with Crippen molar-refractivity contribution in [3.8, 4) is 0 Å². The first-order valence-electron chi connectivity index (χ1n) is 7.73. The number of nitrogens with zero attached hydrogens (tertiary/aromatic N) is 1. The van der Waals surface area contributed by atoms with Crippen LogP contribution in [0.25, 0.3) is 0 Å². The molecule has 6 heteroatoms. The number of nitrogens with two attached hydrogens (primary N) is 1. The Morgan fingerprint density at radius 1 is 1.33 bits per heavy atom. The second kappa shape index (κ2) is 4.68. The van der Waals surface area contributed by atoms with Crippen LogP contribution in [-0.2, 0) is 14.3 Å². The van der Waals surface area contributed by atoms with Gasteiger partial charge in [-0.05, 0) is 19.3 Å². The maximum absolute atomic E-state index is 12.9. The Morgan fingerprint density at radius 3 is 2.67 bits per heavy atom. The summed E-state index contributed by atoms with van der Waals surface area (Å²) in [5.41, 5.74) is 5.23. The van der Waals surface area contributed by atoms with Crippen molar-refractivity contribution in [3.05, 3.63) is 0 Å². The molecule has 1 amide bonds. The largest absolute Gasteiger partial charge is 0.481 e. The Labute approximate surface area is 124 Å². The Kier molecular flexibility index (Phi) is 3.29. The van der Waals surface area contributed by atoms with Crippen molar-refractivity contribution in [2.75, 3.05) is 19.7 Å². The van der Waals surface area contributed by atoms with Gasteiger partial charge in [-0.25, -0.2) is 0 Å². The number of likely N-dealkylation sites (tertiary alicyclic amines) is 1. The molecule has 3 fully saturated rings. The lowest BCUT2D eigenvalue weighted by atomic mass is 9.46. The fraction of sp³-hybridized carbons (Fsp3) is 0.867. The van der Waals surface area contributed by atoms with Crippen LogP contribution >= 0.6 is 0 Å². The standard InChI is InChI=1S/C15H24N2O4/c1-14(2)11-10(4-3-7-21-11)15(14,16)13(20)17-6-5-9(8-17)12(18)19/h9-11H,3-8,16H2,1-2H3,(H,18,19). The van der Waals surface area contributed by atoms with Crippen LogP contribution in [-0.4, -0.2) is 53.2 Å². The van der Waals surface area contributed by atoms with E-state index in [0.717, 1.165) is 19.4 Å². The lowest BCUT2D eigenvalue weighted by Crippen LogP contribution is -2.82. The Morgan fingerprint density at radius 2 is 2.05 bits per heavy atom. The van der Waals surface area contributed by atoms with Gasteiger partial charge in [0.15, 0.2) is 0 Å². The summed E-state index contributed by atoms with van der Waals surface area (Å²) in [6, 6.07) is 0. The molecule has 4 unspecified atom stereocenters. The maximum atomic E-state index is 12.9. The number of hydrogen-bond acceptors (Lipinski definition) is 4. The van der Waals surface area contributed by atoms with Crippen LogP contribution in [0.2, 0.25) is 0 Å². The van der Waals surface area contributed by atoms with Crippen molar-refractivity contribution in [1.82, 2.24) is 4.90 Å². The zero-order valence-corrected chi connectivity index (χ0v) is 12.7. The quantitative estimate of drug-likeness (QED) is 0.772. The Hall–Kier alpha value is -1.14. The SMILES string of the molecule is CC1(C)C2OCCCC2C1(N)C(=O)N1CCC(C(=O)O)C1. The van der Waals surface area contributed by atoms with Crippen LogP contribution in [0.4, 0.5) is 0 Å². The van der Waals surface area contributed by atoms with E-state index in [0.29, 0.717) is 13.0 Å². The molecule has 0 spiro atoms. The van der Waals surface area contributed by atoms with Crippen molar-refractivity contribution >= 4 is 11.9 Å². The third kappa shape index (κ3) is 1.85. The van der Waals surface area contributed by atoms with E-state index in [2.05, 4.69) is 0 Å². The molecule has 0 aromatic heterocycles. The molecule has 3 rings (SSSR count). The van der Waals surface area contributed by atoms with E-state index >= 15 is 0 Å². The summed E-state index contributed by atoms with van der Waals surface area (Å²) in [5, 5.41) is 9.09. The Balaban J connectivity index is 1.79. The van der Waals surface area contributed by atoms with Crippen LogP contribution in [0.1, 0.15) is 33.1 Å². The van der Waals surface area contributed by atoms with Gasteiger partial charge in [-0.1, -0.05) is 13.8 Å². The number of carboxylic acids is 1. The van der Waals surface area contributed by atoms with E-state index < -0.39 is 22.8 Å². The van der Waals surface area contributed by atoms with E-state index in [1.54, 1.807) is 4.90 Å². The van der Waals surface area contributed by atoms with Crippen molar-refractivity contribution < 1.29 is 19.4 Å². The molecule has 6 nitrogen and oxygen atoms in total. The highest BCUT2D eigenvalue weighted by Gasteiger charge is 2.71. The molecule has 1 saturated carbocycles. The van der Waals surface area contributed by atoms with Gasteiger partial charge in [-0.15, -0.1) is 0 Å². The van der Waals surface area contributed by atoms with Crippen LogP contribution in [0.15, 0.2) is 0 Å². The van der Waals surface area contributed by atoms with Gasteiger partial charge in [0.1, 0.15) is 5.54 Å². The minimum Gasteiger partial charge on any atom is -0.481 e. The van der Waals surface area contributed by atoms with E-state index in [-0.39, 0.29) is 24.5 Å². The number of carbonyl (C=O) groups excluding carboxylic acids is 1. The average Bonchev–Trinajstić information content (AvgIpc) is 2.95. The van der Waals surface area contributed by atoms with Crippen LogP contribution in [0.5, 0.6) is 0 Å². The third-order valence-corrected chi connectivity index (χ3v) is 5.86. The molecule has 2 heterocycles. The minimum atomic E-state index is -0.925. The summed E-state index contributed by atoms with van der Waals surface area (Å²) in [6.45, 7) is 5.48. The monoisotopic (exact) mass is 296 g/mol.